The van der Waals surface area contributed by atoms with Gasteiger partial charge in [0, 0.05) is 30.4 Å². The van der Waals surface area contributed by atoms with Gasteiger partial charge in [-0.2, -0.15) is 5.10 Å². The summed E-state index contributed by atoms with van der Waals surface area (Å²) in [5, 5.41) is 18.2. The molecule has 2 aromatic rings. The molecule has 0 saturated carbocycles. The van der Waals surface area contributed by atoms with Crippen molar-refractivity contribution in [3.8, 4) is 5.75 Å². The van der Waals surface area contributed by atoms with Crippen molar-refractivity contribution < 1.29 is 9.84 Å². The molecule has 2 N–H and O–H groups in total. The molecule has 1 atom stereocenters. The molecule has 2 rings (SSSR count). The van der Waals surface area contributed by atoms with Crippen molar-refractivity contribution in [2.24, 2.45) is 0 Å². The smallest absolute Gasteiger partial charge is 0.139 e. The van der Waals surface area contributed by atoms with E-state index in [0.29, 0.717) is 22.3 Å². The molecule has 1 heterocycles. The Kier molecular flexibility index (Phi) is 6.51. The van der Waals surface area contributed by atoms with Gasteiger partial charge in [0.2, 0.25) is 0 Å². The lowest BCUT2D eigenvalue weighted by Crippen LogP contribution is -2.33. The maximum absolute atomic E-state index is 9.89. The molecule has 0 aliphatic rings. The first-order chi connectivity index (χ1) is 10.5. The van der Waals surface area contributed by atoms with Gasteiger partial charge in [-0.3, -0.25) is 4.68 Å². The Labute approximate surface area is 139 Å². The maximum atomic E-state index is 9.89. The quantitative estimate of drug-likeness (QED) is 0.723. The van der Waals surface area contributed by atoms with E-state index in [9.17, 15) is 5.11 Å². The number of aryl methyl sites for hydroxylation is 1. The first kappa shape index (κ1) is 17.1. The summed E-state index contributed by atoms with van der Waals surface area (Å²) < 4.78 is 7.33. The highest BCUT2D eigenvalue weighted by molar-refractivity contribution is 6.34. The first-order valence-corrected chi connectivity index (χ1v) is 7.76. The first-order valence-electron chi connectivity index (χ1n) is 7.00. The monoisotopic (exact) mass is 343 g/mol. The van der Waals surface area contributed by atoms with Gasteiger partial charge in [-0.1, -0.05) is 23.2 Å². The molecule has 0 aliphatic carbocycles. The molecule has 5 nitrogen and oxygen atoms in total. The van der Waals surface area contributed by atoms with Crippen LogP contribution < -0.4 is 10.1 Å². The van der Waals surface area contributed by atoms with Gasteiger partial charge in [-0.25, -0.2) is 0 Å². The molecule has 1 aromatic carbocycles. The minimum atomic E-state index is -0.630. The highest BCUT2D eigenvalue weighted by atomic mass is 35.5. The molecule has 0 spiro atoms. The number of hydrogen-bond acceptors (Lipinski definition) is 4. The predicted octanol–water partition coefficient (Wildman–Crippen LogP) is 2.53. The SMILES string of the molecule is Cc1cnn(CCNC[C@@H](O)COc2cc(Cl)ccc2Cl)c1. The average Bonchev–Trinajstić information content (AvgIpc) is 2.90. The van der Waals surface area contributed by atoms with Gasteiger partial charge in [-0.05, 0) is 24.6 Å². The van der Waals surface area contributed by atoms with Crippen molar-refractivity contribution >= 4 is 23.2 Å². The Balaban J connectivity index is 1.65. The zero-order chi connectivity index (χ0) is 15.9. The average molecular weight is 344 g/mol. The second-order valence-corrected chi connectivity index (χ2v) is 5.87. The van der Waals surface area contributed by atoms with Gasteiger partial charge in [0.25, 0.3) is 0 Å². The summed E-state index contributed by atoms with van der Waals surface area (Å²) in [5.41, 5.74) is 1.13. The van der Waals surface area contributed by atoms with Crippen LogP contribution in [0.4, 0.5) is 0 Å². The second-order valence-electron chi connectivity index (χ2n) is 5.02. The number of nitrogens with one attached hydrogen (secondary N) is 1. The molecule has 0 saturated heterocycles. The zero-order valence-electron chi connectivity index (χ0n) is 12.3. The molecule has 22 heavy (non-hydrogen) atoms. The molecule has 0 aliphatic heterocycles. The number of benzene rings is 1. The van der Waals surface area contributed by atoms with Crippen LogP contribution in [0.3, 0.4) is 0 Å². The number of aliphatic hydroxyl groups is 1. The summed E-state index contributed by atoms with van der Waals surface area (Å²) in [5.74, 6) is 0.472. The molecular weight excluding hydrogens is 325 g/mol. The molecule has 0 bridgehead atoms. The number of nitrogens with zero attached hydrogens (tertiary/aromatic N) is 2. The summed E-state index contributed by atoms with van der Waals surface area (Å²) >= 11 is 11.9. The van der Waals surface area contributed by atoms with Crippen molar-refractivity contribution in [1.82, 2.24) is 15.1 Å². The van der Waals surface area contributed by atoms with Crippen molar-refractivity contribution in [2.45, 2.75) is 19.6 Å². The minimum Gasteiger partial charge on any atom is -0.489 e. The van der Waals surface area contributed by atoms with Crippen LogP contribution in [0.5, 0.6) is 5.75 Å². The highest BCUT2D eigenvalue weighted by Gasteiger charge is 2.08. The summed E-state index contributed by atoms with van der Waals surface area (Å²) in [4.78, 5) is 0. The third-order valence-corrected chi connectivity index (χ3v) is 3.53. The molecule has 1 aromatic heterocycles. The Hall–Kier alpha value is -1.27. The summed E-state index contributed by atoms with van der Waals surface area (Å²) in [6, 6.07) is 4.98. The second kappa shape index (κ2) is 8.39. The van der Waals surface area contributed by atoms with Crippen LogP contribution in [0.1, 0.15) is 5.56 Å². The zero-order valence-corrected chi connectivity index (χ0v) is 13.8. The van der Waals surface area contributed by atoms with E-state index in [1.165, 1.54) is 0 Å². The van der Waals surface area contributed by atoms with Crippen LogP contribution >= 0.6 is 23.2 Å². The Morgan fingerprint density at radius 3 is 2.95 bits per heavy atom. The maximum Gasteiger partial charge on any atom is 0.139 e. The third-order valence-electron chi connectivity index (χ3n) is 2.98. The number of rotatable bonds is 8. The van der Waals surface area contributed by atoms with E-state index in [4.69, 9.17) is 27.9 Å². The topological polar surface area (TPSA) is 59.3 Å². The van der Waals surface area contributed by atoms with E-state index in [0.717, 1.165) is 18.7 Å². The van der Waals surface area contributed by atoms with Crippen molar-refractivity contribution in [3.63, 3.8) is 0 Å². The molecule has 7 heteroatoms. The van der Waals surface area contributed by atoms with E-state index in [1.54, 1.807) is 18.2 Å². The minimum absolute atomic E-state index is 0.147. The van der Waals surface area contributed by atoms with Crippen LogP contribution in [0.2, 0.25) is 10.0 Å². The lowest BCUT2D eigenvalue weighted by molar-refractivity contribution is 0.106. The third kappa shape index (κ3) is 5.50. The fourth-order valence-electron chi connectivity index (χ4n) is 1.88. The van der Waals surface area contributed by atoms with Crippen molar-refractivity contribution in [3.05, 3.63) is 46.2 Å². The summed E-state index contributed by atoms with van der Waals surface area (Å²) in [6.45, 7) is 4.04. The predicted molar refractivity (Wildman–Crippen MR) is 87.8 cm³/mol. The van der Waals surface area contributed by atoms with Gasteiger partial charge in [0.15, 0.2) is 0 Å². The fraction of sp³-hybridized carbons (Fsp3) is 0.400. The number of hydrogen-bond donors (Lipinski definition) is 2. The van der Waals surface area contributed by atoms with Gasteiger partial charge in [0.05, 0.1) is 17.8 Å². The number of aliphatic hydroxyl groups excluding tert-OH is 1. The van der Waals surface area contributed by atoms with Crippen LogP contribution in [0.15, 0.2) is 30.6 Å². The van der Waals surface area contributed by atoms with Crippen molar-refractivity contribution in [2.75, 3.05) is 19.7 Å². The lowest BCUT2D eigenvalue weighted by atomic mass is 10.3. The fourth-order valence-corrected chi connectivity index (χ4v) is 2.22. The Morgan fingerprint density at radius 2 is 2.23 bits per heavy atom. The van der Waals surface area contributed by atoms with E-state index in [-0.39, 0.29) is 6.61 Å². The van der Waals surface area contributed by atoms with Crippen LogP contribution in [-0.4, -0.2) is 40.7 Å². The van der Waals surface area contributed by atoms with Gasteiger partial charge >= 0.3 is 0 Å². The molecule has 0 fully saturated rings. The number of halogens is 2. The van der Waals surface area contributed by atoms with E-state index in [2.05, 4.69) is 10.4 Å². The largest absolute Gasteiger partial charge is 0.489 e. The summed E-state index contributed by atoms with van der Waals surface area (Å²) in [6.07, 6.45) is 3.16. The molecular formula is C15H19Cl2N3O2. The molecule has 120 valence electrons. The summed E-state index contributed by atoms with van der Waals surface area (Å²) in [7, 11) is 0. The molecule has 0 unspecified atom stereocenters. The van der Waals surface area contributed by atoms with Crippen LogP contribution in [0, 0.1) is 6.92 Å². The molecule has 0 amide bonds. The Morgan fingerprint density at radius 1 is 1.41 bits per heavy atom. The van der Waals surface area contributed by atoms with Crippen LogP contribution in [0.25, 0.3) is 0 Å². The van der Waals surface area contributed by atoms with Gasteiger partial charge in [0.1, 0.15) is 18.5 Å². The highest BCUT2D eigenvalue weighted by Crippen LogP contribution is 2.27. The van der Waals surface area contributed by atoms with E-state index < -0.39 is 6.10 Å². The number of ether oxygens (including phenoxy) is 1. The molecule has 0 radical (unpaired) electrons. The number of aromatic nitrogens is 2. The van der Waals surface area contributed by atoms with Crippen molar-refractivity contribution in [1.29, 1.82) is 0 Å². The van der Waals surface area contributed by atoms with E-state index >= 15 is 0 Å². The normalized spacial score (nSPS) is 12.4. The Bertz CT molecular complexity index is 604. The lowest BCUT2D eigenvalue weighted by Gasteiger charge is -2.14. The van der Waals surface area contributed by atoms with E-state index in [1.807, 2.05) is 24.0 Å². The van der Waals surface area contributed by atoms with Gasteiger partial charge < -0.3 is 15.2 Å². The standard InChI is InChI=1S/C15H19Cl2N3O2/c1-11-7-19-20(9-11)5-4-18-8-13(21)10-22-15-6-12(16)2-3-14(15)17/h2-3,6-7,9,13,18,21H,4-5,8,10H2,1H3/t13-/m1/s1. The van der Waals surface area contributed by atoms with Gasteiger partial charge in [-0.15, -0.1) is 0 Å². The van der Waals surface area contributed by atoms with Crippen LogP contribution in [-0.2, 0) is 6.54 Å².